The molecule has 2 aromatic rings. The number of ether oxygens (including phenoxy) is 2. The van der Waals surface area contributed by atoms with Crippen molar-refractivity contribution in [3.8, 4) is 11.5 Å². The third-order valence-corrected chi connectivity index (χ3v) is 12.7. The lowest BCUT2D eigenvalue weighted by molar-refractivity contribution is -0.627. The lowest BCUT2D eigenvalue weighted by atomic mass is 8.92. The molecule has 0 N–H and O–H groups in total. The molecule has 44 heavy (non-hydrogen) atoms. The minimum absolute atomic E-state index is 0.0423. The van der Waals surface area contributed by atoms with Gasteiger partial charge in [-0.1, -0.05) is 115 Å². The Morgan fingerprint density at radius 2 is 0.773 bits per heavy atom. The standard InChI is InChI=1S/C40H52O4/c1-3-5-7-9-11-13-15-17-27-19-23-29(24-20-27)43-37(41)39-31-34-32(39)36-33(39)35(31)40(34,36)38(42)44-30-25-21-28(22-26-30)18-16-14-12-10-8-6-4-2/h19-26,31-36H,3-18H2,1-2H3. The van der Waals surface area contributed by atoms with E-state index in [1.54, 1.807) is 0 Å². The van der Waals surface area contributed by atoms with Gasteiger partial charge in [-0.3, -0.25) is 9.59 Å². The van der Waals surface area contributed by atoms with E-state index in [0.29, 0.717) is 47.0 Å². The fraction of sp³-hybridized carbons (Fsp3) is 0.650. The van der Waals surface area contributed by atoms with Gasteiger partial charge in [-0.2, -0.15) is 0 Å². The van der Waals surface area contributed by atoms with Crippen molar-refractivity contribution in [2.75, 3.05) is 0 Å². The molecule has 4 nitrogen and oxygen atoms in total. The van der Waals surface area contributed by atoms with E-state index >= 15 is 0 Å². The van der Waals surface area contributed by atoms with E-state index in [9.17, 15) is 9.59 Å². The Kier molecular flexibility index (Phi) is 8.40. The number of aryl methyl sites for hydroxylation is 2. The van der Waals surface area contributed by atoms with Crippen LogP contribution in [0, 0.1) is 46.3 Å². The maximum absolute atomic E-state index is 13.4. The molecule has 0 unspecified atom stereocenters. The number of rotatable bonds is 20. The molecule has 0 radical (unpaired) electrons. The summed E-state index contributed by atoms with van der Waals surface area (Å²) in [6.07, 6.45) is 20.6. The van der Waals surface area contributed by atoms with Crippen LogP contribution in [0.25, 0.3) is 0 Å². The van der Waals surface area contributed by atoms with Gasteiger partial charge in [0.15, 0.2) is 0 Å². The Bertz CT molecular complexity index is 1170. The van der Waals surface area contributed by atoms with Gasteiger partial charge in [0.2, 0.25) is 0 Å². The first kappa shape index (κ1) is 30.1. The zero-order valence-electron chi connectivity index (χ0n) is 27.0. The summed E-state index contributed by atoms with van der Waals surface area (Å²) in [5.74, 6) is 3.26. The van der Waals surface area contributed by atoms with E-state index < -0.39 is 0 Å². The Morgan fingerprint density at radius 1 is 0.477 bits per heavy atom. The topological polar surface area (TPSA) is 52.6 Å². The number of hydrogen-bond donors (Lipinski definition) is 0. The molecule has 0 spiro atoms. The molecule has 8 rings (SSSR count). The second-order valence-electron chi connectivity index (χ2n) is 14.8. The predicted molar refractivity (Wildman–Crippen MR) is 173 cm³/mol. The molecular weight excluding hydrogens is 544 g/mol. The molecule has 0 atom stereocenters. The molecule has 6 fully saturated rings. The van der Waals surface area contributed by atoms with Crippen molar-refractivity contribution < 1.29 is 19.1 Å². The predicted octanol–water partition coefficient (Wildman–Crippen LogP) is 9.52. The van der Waals surface area contributed by atoms with E-state index in [4.69, 9.17) is 9.47 Å². The summed E-state index contributed by atoms with van der Waals surface area (Å²) >= 11 is 0. The summed E-state index contributed by atoms with van der Waals surface area (Å²) in [5, 5.41) is 0. The quantitative estimate of drug-likeness (QED) is 0.0868. The second kappa shape index (κ2) is 12.3. The Hall–Kier alpha value is -2.62. The molecule has 0 amide bonds. The fourth-order valence-corrected chi connectivity index (χ4v) is 10.8. The molecule has 6 aliphatic carbocycles. The number of carbonyl (C=O) groups excluding carboxylic acids is 2. The van der Waals surface area contributed by atoms with Gasteiger partial charge in [-0.15, -0.1) is 0 Å². The van der Waals surface area contributed by atoms with Crippen molar-refractivity contribution in [3.05, 3.63) is 59.7 Å². The number of hydrogen-bond acceptors (Lipinski definition) is 4. The van der Waals surface area contributed by atoms with Gasteiger partial charge in [0.05, 0.1) is 10.8 Å². The van der Waals surface area contributed by atoms with E-state index in [1.165, 1.54) is 101 Å². The van der Waals surface area contributed by atoms with Crippen molar-refractivity contribution >= 4 is 11.9 Å². The van der Waals surface area contributed by atoms with Crippen molar-refractivity contribution in [3.63, 3.8) is 0 Å². The second-order valence-corrected chi connectivity index (χ2v) is 14.8. The Morgan fingerprint density at radius 3 is 1.09 bits per heavy atom. The van der Waals surface area contributed by atoms with Crippen molar-refractivity contribution in [2.24, 2.45) is 46.3 Å². The number of unbranched alkanes of at least 4 members (excludes halogenated alkanes) is 12. The van der Waals surface area contributed by atoms with Crippen LogP contribution in [0.3, 0.4) is 0 Å². The lowest BCUT2D eigenvalue weighted by Crippen LogP contribution is -3.12. The van der Waals surface area contributed by atoms with Gasteiger partial charge >= 0.3 is 11.9 Å². The highest BCUT2D eigenvalue weighted by atomic mass is 16.5. The van der Waals surface area contributed by atoms with E-state index in [0.717, 1.165) is 12.8 Å². The van der Waals surface area contributed by atoms with E-state index in [2.05, 4.69) is 38.1 Å². The zero-order valence-corrected chi connectivity index (χ0v) is 27.0. The van der Waals surface area contributed by atoms with Gasteiger partial charge in [-0.05, 0) is 96.6 Å². The first-order valence-corrected chi connectivity index (χ1v) is 18.2. The SMILES string of the molecule is CCCCCCCCCc1ccc(OC(=O)C23C4C5C2C2C3C4C52C(=O)Oc2ccc(CCCCCCCCC)cc2)cc1. The van der Waals surface area contributed by atoms with Gasteiger partial charge < -0.3 is 9.47 Å². The maximum atomic E-state index is 13.4. The maximum Gasteiger partial charge on any atom is 0.318 e. The first-order chi connectivity index (χ1) is 21.6. The summed E-state index contributed by atoms with van der Waals surface area (Å²) in [4.78, 5) is 26.8. The average Bonchev–Trinajstić information content (AvgIpc) is 3.05. The monoisotopic (exact) mass is 596 g/mol. The molecule has 0 heterocycles. The third kappa shape index (κ3) is 4.36. The zero-order chi connectivity index (χ0) is 30.3. The van der Waals surface area contributed by atoms with Gasteiger partial charge in [-0.25, -0.2) is 0 Å². The highest BCUT2D eigenvalue weighted by molar-refractivity contribution is 5.98. The van der Waals surface area contributed by atoms with Crippen molar-refractivity contribution in [1.29, 1.82) is 0 Å². The minimum atomic E-state index is -0.296. The van der Waals surface area contributed by atoms with Crippen LogP contribution in [0.5, 0.6) is 11.5 Å². The molecule has 0 bridgehead atoms. The van der Waals surface area contributed by atoms with Crippen LogP contribution in [0.2, 0.25) is 0 Å². The van der Waals surface area contributed by atoms with Crippen LogP contribution in [-0.4, -0.2) is 11.9 Å². The van der Waals surface area contributed by atoms with E-state index in [1.807, 2.05) is 24.3 Å². The first-order valence-electron chi connectivity index (χ1n) is 18.2. The molecular formula is C40H52O4. The van der Waals surface area contributed by atoms with Crippen LogP contribution >= 0.6 is 0 Å². The Labute approximate surface area is 264 Å². The molecule has 6 saturated carbocycles. The van der Waals surface area contributed by atoms with Crippen molar-refractivity contribution in [1.82, 2.24) is 0 Å². The Balaban J connectivity index is 0.839. The largest absolute Gasteiger partial charge is 0.426 e. The smallest absolute Gasteiger partial charge is 0.318 e. The summed E-state index contributed by atoms with van der Waals surface area (Å²) in [5.41, 5.74) is 2.04. The summed E-state index contributed by atoms with van der Waals surface area (Å²) in [6.45, 7) is 4.52. The van der Waals surface area contributed by atoms with Crippen LogP contribution in [-0.2, 0) is 22.4 Å². The molecule has 2 aromatic carbocycles. The number of carbonyl (C=O) groups is 2. The van der Waals surface area contributed by atoms with Crippen LogP contribution < -0.4 is 9.47 Å². The average molecular weight is 597 g/mol. The number of esters is 2. The van der Waals surface area contributed by atoms with Crippen LogP contribution in [0.4, 0.5) is 0 Å². The van der Waals surface area contributed by atoms with Crippen LogP contribution in [0.1, 0.15) is 115 Å². The minimum Gasteiger partial charge on any atom is -0.426 e. The molecule has 0 aromatic heterocycles. The summed E-state index contributed by atoms with van der Waals surface area (Å²) in [6, 6.07) is 16.3. The van der Waals surface area contributed by atoms with Crippen LogP contribution in [0.15, 0.2) is 48.5 Å². The van der Waals surface area contributed by atoms with E-state index in [-0.39, 0.29) is 22.8 Å². The third-order valence-electron chi connectivity index (χ3n) is 12.7. The van der Waals surface area contributed by atoms with Gasteiger partial charge in [0.1, 0.15) is 11.5 Å². The molecule has 6 aliphatic rings. The lowest BCUT2D eigenvalue weighted by Gasteiger charge is -3.08. The molecule has 236 valence electrons. The highest BCUT2D eigenvalue weighted by Crippen LogP contribution is 3.10. The summed E-state index contributed by atoms with van der Waals surface area (Å²) < 4.78 is 11.9. The normalized spacial score (nSPS) is 32.3. The summed E-state index contributed by atoms with van der Waals surface area (Å²) in [7, 11) is 0. The van der Waals surface area contributed by atoms with Gasteiger partial charge in [0.25, 0.3) is 0 Å². The molecule has 0 saturated heterocycles. The number of benzene rings is 2. The van der Waals surface area contributed by atoms with Crippen molar-refractivity contribution in [2.45, 2.75) is 117 Å². The molecule has 4 heteroatoms. The van der Waals surface area contributed by atoms with Gasteiger partial charge in [0, 0.05) is 0 Å². The highest BCUT2D eigenvalue weighted by Gasteiger charge is 3.13. The molecule has 0 aliphatic heterocycles. The fourth-order valence-electron chi connectivity index (χ4n) is 10.8.